The Labute approximate surface area is 269 Å². The number of esters is 4. The summed E-state index contributed by atoms with van der Waals surface area (Å²) < 4.78 is 53.0. The van der Waals surface area contributed by atoms with Gasteiger partial charge in [-0.2, -0.15) is 8.78 Å². The summed E-state index contributed by atoms with van der Waals surface area (Å²) >= 11 is 0. The molecule has 0 atom stereocenters. The smallest absolute Gasteiger partial charge is 0.338 e. The zero-order valence-corrected chi connectivity index (χ0v) is 26.0. The molecule has 47 heavy (non-hydrogen) atoms. The summed E-state index contributed by atoms with van der Waals surface area (Å²) in [4.78, 5) is 49.1. The number of benzene rings is 3. The monoisotopic (exact) mass is 644 g/mol. The highest BCUT2D eigenvalue weighted by Crippen LogP contribution is 2.41. The molecule has 0 aliphatic rings. The van der Waals surface area contributed by atoms with E-state index < -0.39 is 30.0 Å². The summed E-state index contributed by atoms with van der Waals surface area (Å²) in [5.41, 5.74) is 1.80. The Bertz CT molecular complexity index is 1860. The topological polar surface area (TPSA) is 114 Å². The summed E-state index contributed by atoms with van der Waals surface area (Å²) in [6.07, 6.45) is -1.87. The Kier molecular flexibility index (Phi) is 11.5. The quantitative estimate of drug-likeness (QED) is 0.0836. The van der Waals surface area contributed by atoms with Crippen molar-refractivity contribution in [1.82, 2.24) is 0 Å². The minimum Gasteiger partial charge on any atom is -0.459 e. The Morgan fingerprint density at radius 2 is 0.851 bits per heavy atom. The molecule has 0 amide bonds. The number of halogens is 2. The molecule has 0 saturated heterocycles. The molecular formula is C36H30F2O9. The van der Waals surface area contributed by atoms with Crippen LogP contribution < -0.4 is 23.7 Å². The highest BCUT2D eigenvalue weighted by molar-refractivity contribution is 5.93. The van der Waals surface area contributed by atoms with Gasteiger partial charge in [-0.1, -0.05) is 50.6 Å². The van der Waals surface area contributed by atoms with Crippen LogP contribution in [0, 0.1) is 0 Å². The van der Waals surface area contributed by atoms with E-state index in [9.17, 15) is 28.0 Å². The van der Waals surface area contributed by atoms with Crippen molar-refractivity contribution in [3.8, 4) is 51.0 Å². The van der Waals surface area contributed by atoms with Crippen LogP contribution in [0.3, 0.4) is 0 Å². The second-order valence-corrected chi connectivity index (χ2v) is 10.2. The molecule has 0 aliphatic carbocycles. The second kappa shape index (κ2) is 15.3. The molecule has 0 heterocycles. The minimum atomic E-state index is -2.11. The van der Waals surface area contributed by atoms with E-state index in [4.69, 9.17) is 23.7 Å². The maximum absolute atomic E-state index is 13.2. The molecule has 0 N–H and O–H groups in total. The largest absolute Gasteiger partial charge is 0.459 e. The lowest BCUT2D eigenvalue weighted by atomic mass is 9.98. The fourth-order valence-electron chi connectivity index (χ4n) is 3.59. The molecule has 3 aromatic rings. The minimum absolute atomic E-state index is 0.0579. The van der Waals surface area contributed by atoms with Crippen LogP contribution in [0.2, 0.25) is 0 Å². The van der Waals surface area contributed by atoms with E-state index in [-0.39, 0.29) is 62.9 Å². The van der Waals surface area contributed by atoms with Crippen molar-refractivity contribution in [2.75, 3.05) is 0 Å². The summed E-state index contributed by atoms with van der Waals surface area (Å²) in [7, 11) is 0. The third kappa shape index (κ3) is 9.44. The fourth-order valence-corrected chi connectivity index (χ4v) is 3.59. The van der Waals surface area contributed by atoms with Crippen molar-refractivity contribution in [2.24, 2.45) is 0 Å². The number of rotatable bonds is 12. The van der Waals surface area contributed by atoms with Crippen molar-refractivity contribution in [3.05, 3.63) is 116 Å². The molecule has 0 saturated carbocycles. The highest BCUT2D eigenvalue weighted by atomic mass is 19.3. The predicted molar refractivity (Wildman–Crippen MR) is 170 cm³/mol. The van der Waals surface area contributed by atoms with E-state index in [0.717, 1.165) is 0 Å². The number of hydrogen-bond acceptors (Lipinski definition) is 9. The number of carbonyl (C=O) groups excluding carboxylic acids is 4. The van der Waals surface area contributed by atoms with Crippen molar-refractivity contribution in [2.45, 2.75) is 27.7 Å². The van der Waals surface area contributed by atoms with Gasteiger partial charge in [0.2, 0.25) is 0 Å². The third-order valence-electron chi connectivity index (χ3n) is 5.99. The van der Waals surface area contributed by atoms with Gasteiger partial charge < -0.3 is 23.7 Å². The molecule has 3 aromatic carbocycles. The summed E-state index contributed by atoms with van der Waals surface area (Å²) in [5.74, 6) is -3.60. The van der Waals surface area contributed by atoms with E-state index in [0.29, 0.717) is 16.7 Å². The molecule has 242 valence electrons. The molecule has 0 unspecified atom stereocenters. The summed E-state index contributed by atoms with van der Waals surface area (Å²) in [6.45, 7) is 19.9. The van der Waals surface area contributed by atoms with E-state index in [1.165, 1.54) is 64.1 Å². The summed E-state index contributed by atoms with van der Waals surface area (Å²) in [5, 5.41) is 0. The maximum Gasteiger partial charge on any atom is 0.338 e. The van der Waals surface area contributed by atoms with Crippen LogP contribution in [0.15, 0.2) is 116 Å². The molecule has 0 bridgehead atoms. The Balaban J connectivity index is 2.17. The Morgan fingerprint density at radius 1 is 0.511 bits per heavy atom. The third-order valence-corrected chi connectivity index (χ3v) is 5.99. The SMILES string of the molecule is C=C(C)C(=O)Oc1ccc(-c2ccc(-c3ccc(OC(=O)C(=C)C)c(OC(=O)C(=C)C)c3)c(OC=C(F)F)c2)cc1OC(=O)C(=C)C. The average Bonchev–Trinajstić information content (AvgIpc) is 3.01. The van der Waals surface area contributed by atoms with Gasteiger partial charge in [0.15, 0.2) is 29.3 Å². The number of hydrogen-bond donors (Lipinski definition) is 0. The molecule has 0 aromatic heterocycles. The predicted octanol–water partition coefficient (Wildman–Crippen LogP) is 8.06. The van der Waals surface area contributed by atoms with Crippen LogP contribution in [0.5, 0.6) is 28.7 Å². The van der Waals surface area contributed by atoms with Crippen molar-refractivity contribution in [3.63, 3.8) is 0 Å². The first-order chi connectivity index (χ1) is 22.1. The molecule has 0 radical (unpaired) electrons. The lowest BCUT2D eigenvalue weighted by Crippen LogP contribution is -2.13. The standard InChI is InChI=1S/C36H30F2O9/c1-19(2)33(39)44-27-13-10-24(16-30(27)46-35(41)21(5)6)23-9-12-26(29(15-23)43-18-32(37)38)25-11-14-28(45-34(40)20(3)4)31(17-25)47-36(42)22(7)8/h9-18H,1,3,5,7H2,2,4,6,8H3. The van der Waals surface area contributed by atoms with Crippen molar-refractivity contribution >= 4 is 23.9 Å². The first-order valence-electron chi connectivity index (χ1n) is 13.7. The van der Waals surface area contributed by atoms with Gasteiger partial charge in [-0.25, -0.2) is 19.2 Å². The van der Waals surface area contributed by atoms with Gasteiger partial charge in [-0.3, -0.25) is 0 Å². The van der Waals surface area contributed by atoms with Crippen LogP contribution >= 0.6 is 0 Å². The maximum atomic E-state index is 13.2. The van der Waals surface area contributed by atoms with E-state index in [2.05, 4.69) is 26.3 Å². The second-order valence-electron chi connectivity index (χ2n) is 10.2. The lowest BCUT2D eigenvalue weighted by molar-refractivity contribution is -0.132. The molecule has 9 nitrogen and oxygen atoms in total. The fraction of sp³-hybridized carbons (Fsp3) is 0.111. The lowest BCUT2D eigenvalue weighted by Gasteiger charge is -2.16. The van der Waals surface area contributed by atoms with Crippen LogP contribution in [-0.4, -0.2) is 23.9 Å². The van der Waals surface area contributed by atoms with Gasteiger partial charge in [0.05, 0.1) is 0 Å². The zero-order valence-electron chi connectivity index (χ0n) is 26.0. The number of ether oxygens (including phenoxy) is 5. The molecule has 0 fully saturated rings. The van der Waals surface area contributed by atoms with Crippen molar-refractivity contribution in [1.29, 1.82) is 0 Å². The van der Waals surface area contributed by atoms with Gasteiger partial charge in [0.25, 0.3) is 0 Å². The average molecular weight is 645 g/mol. The zero-order chi connectivity index (χ0) is 35.0. The normalized spacial score (nSPS) is 10.2. The molecule has 3 rings (SSSR count). The first-order valence-corrected chi connectivity index (χ1v) is 13.7. The van der Waals surface area contributed by atoms with Gasteiger partial charge in [-0.15, -0.1) is 0 Å². The van der Waals surface area contributed by atoms with Gasteiger partial charge in [-0.05, 0) is 74.7 Å². The van der Waals surface area contributed by atoms with Crippen LogP contribution in [0.1, 0.15) is 27.7 Å². The van der Waals surface area contributed by atoms with E-state index in [1.54, 1.807) is 18.2 Å². The van der Waals surface area contributed by atoms with E-state index >= 15 is 0 Å². The van der Waals surface area contributed by atoms with Crippen molar-refractivity contribution < 1.29 is 51.6 Å². The summed E-state index contributed by atoms with van der Waals surface area (Å²) in [6, 6.07) is 13.1. The highest BCUT2D eigenvalue weighted by Gasteiger charge is 2.20. The van der Waals surface area contributed by atoms with Gasteiger partial charge >= 0.3 is 30.0 Å². The number of carbonyl (C=O) groups is 4. The first kappa shape index (κ1) is 35.4. The molecule has 0 spiro atoms. The van der Waals surface area contributed by atoms with Crippen LogP contribution in [0.25, 0.3) is 22.3 Å². The van der Waals surface area contributed by atoms with Crippen LogP contribution in [-0.2, 0) is 19.2 Å². The molecular weight excluding hydrogens is 614 g/mol. The Hall–Kier alpha value is -6.10. The van der Waals surface area contributed by atoms with Gasteiger partial charge in [0, 0.05) is 27.9 Å². The van der Waals surface area contributed by atoms with Crippen LogP contribution in [0.4, 0.5) is 8.78 Å². The van der Waals surface area contributed by atoms with E-state index in [1.807, 2.05) is 0 Å². The Morgan fingerprint density at radius 3 is 1.26 bits per heavy atom. The molecule has 11 heteroatoms. The van der Waals surface area contributed by atoms with Gasteiger partial charge in [0.1, 0.15) is 5.75 Å². The molecule has 0 aliphatic heterocycles.